The fraction of sp³-hybridized carbons (Fsp3) is 0.235. The third kappa shape index (κ3) is 3.48. The van der Waals surface area contributed by atoms with Gasteiger partial charge in [-0.15, -0.1) is 0 Å². The molecule has 0 unspecified atom stereocenters. The molecule has 1 N–H and O–H groups in total. The third-order valence-electron chi connectivity index (χ3n) is 3.60. The first-order valence-corrected chi connectivity index (χ1v) is 8.02. The maximum atomic E-state index is 12.3. The Morgan fingerprint density at radius 1 is 1.09 bits per heavy atom. The molecule has 3 rings (SSSR count). The molecular formula is C17H17BrN2O2. The SMILES string of the molecule is O=C(Nc1cccc(N2CCOCC2)c1)c1ccccc1Br. The summed E-state index contributed by atoms with van der Waals surface area (Å²) in [5.41, 5.74) is 2.53. The molecule has 0 saturated carbocycles. The van der Waals surface area contributed by atoms with E-state index in [1.165, 1.54) is 0 Å². The lowest BCUT2D eigenvalue weighted by molar-refractivity contribution is 0.102. The van der Waals surface area contributed by atoms with Crippen LogP contribution < -0.4 is 10.2 Å². The van der Waals surface area contributed by atoms with Gasteiger partial charge in [-0.1, -0.05) is 18.2 Å². The highest BCUT2D eigenvalue weighted by Gasteiger charge is 2.13. The second kappa shape index (κ2) is 6.94. The summed E-state index contributed by atoms with van der Waals surface area (Å²) in [5.74, 6) is -0.119. The van der Waals surface area contributed by atoms with Crippen molar-refractivity contribution in [1.82, 2.24) is 0 Å². The van der Waals surface area contributed by atoms with E-state index in [2.05, 4.69) is 32.2 Å². The number of nitrogens with one attached hydrogen (secondary N) is 1. The molecule has 0 spiro atoms. The molecule has 1 aliphatic heterocycles. The largest absolute Gasteiger partial charge is 0.378 e. The van der Waals surface area contributed by atoms with Gasteiger partial charge >= 0.3 is 0 Å². The van der Waals surface area contributed by atoms with Crippen LogP contribution in [0, 0.1) is 0 Å². The summed E-state index contributed by atoms with van der Waals surface area (Å²) in [6.45, 7) is 3.24. The van der Waals surface area contributed by atoms with Crippen LogP contribution in [0.1, 0.15) is 10.4 Å². The third-order valence-corrected chi connectivity index (χ3v) is 4.29. The molecule has 2 aromatic rings. The van der Waals surface area contributed by atoms with Crippen LogP contribution in [0.5, 0.6) is 0 Å². The van der Waals surface area contributed by atoms with Crippen molar-refractivity contribution in [1.29, 1.82) is 0 Å². The first-order valence-electron chi connectivity index (χ1n) is 7.23. The summed E-state index contributed by atoms with van der Waals surface area (Å²) < 4.78 is 6.16. The lowest BCUT2D eigenvalue weighted by Crippen LogP contribution is -2.36. The predicted molar refractivity (Wildman–Crippen MR) is 91.6 cm³/mol. The summed E-state index contributed by atoms with van der Waals surface area (Å²) >= 11 is 3.40. The minimum absolute atomic E-state index is 0.119. The molecule has 1 fully saturated rings. The topological polar surface area (TPSA) is 41.6 Å². The van der Waals surface area contributed by atoms with Crippen molar-refractivity contribution in [3.05, 3.63) is 58.6 Å². The lowest BCUT2D eigenvalue weighted by Gasteiger charge is -2.29. The molecule has 0 atom stereocenters. The molecule has 0 radical (unpaired) electrons. The van der Waals surface area contributed by atoms with Crippen molar-refractivity contribution in [3.63, 3.8) is 0 Å². The predicted octanol–water partition coefficient (Wildman–Crippen LogP) is 3.54. The Morgan fingerprint density at radius 3 is 2.64 bits per heavy atom. The molecule has 5 heteroatoms. The Bertz CT molecular complexity index is 669. The van der Waals surface area contributed by atoms with E-state index in [-0.39, 0.29) is 5.91 Å². The van der Waals surface area contributed by atoms with Gasteiger partial charge in [0.2, 0.25) is 0 Å². The molecule has 0 aliphatic carbocycles. The number of ether oxygens (including phenoxy) is 1. The maximum absolute atomic E-state index is 12.3. The van der Waals surface area contributed by atoms with Crippen LogP contribution in [0.15, 0.2) is 53.0 Å². The molecule has 0 bridgehead atoms. The minimum Gasteiger partial charge on any atom is -0.378 e. The summed E-state index contributed by atoms with van der Waals surface area (Å²) in [6.07, 6.45) is 0. The Hall–Kier alpha value is -1.85. The van der Waals surface area contributed by atoms with E-state index in [0.717, 1.165) is 42.2 Å². The van der Waals surface area contributed by atoms with Crippen LogP contribution >= 0.6 is 15.9 Å². The normalized spacial score (nSPS) is 14.7. The zero-order valence-corrected chi connectivity index (χ0v) is 13.7. The first kappa shape index (κ1) is 15.1. The number of rotatable bonds is 3. The van der Waals surface area contributed by atoms with Crippen molar-refractivity contribution in [2.45, 2.75) is 0 Å². The highest BCUT2D eigenvalue weighted by atomic mass is 79.9. The average Bonchev–Trinajstić information content (AvgIpc) is 2.56. The van der Waals surface area contributed by atoms with Crippen molar-refractivity contribution in [2.75, 3.05) is 36.5 Å². The van der Waals surface area contributed by atoms with E-state index < -0.39 is 0 Å². The zero-order valence-electron chi connectivity index (χ0n) is 12.1. The van der Waals surface area contributed by atoms with E-state index >= 15 is 0 Å². The number of amides is 1. The number of carbonyl (C=O) groups excluding carboxylic acids is 1. The number of carbonyl (C=O) groups is 1. The van der Waals surface area contributed by atoms with Gasteiger partial charge in [0.05, 0.1) is 18.8 Å². The average molecular weight is 361 g/mol. The van der Waals surface area contributed by atoms with Gasteiger partial charge in [0.15, 0.2) is 0 Å². The quantitative estimate of drug-likeness (QED) is 0.909. The Kier molecular flexibility index (Phi) is 4.75. The van der Waals surface area contributed by atoms with Gasteiger partial charge < -0.3 is 15.0 Å². The van der Waals surface area contributed by atoms with Crippen molar-refractivity contribution < 1.29 is 9.53 Å². The van der Waals surface area contributed by atoms with E-state index in [4.69, 9.17) is 4.74 Å². The van der Waals surface area contributed by atoms with Crippen LogP contribution in [0.25, 0.3) is 0 Å². The van der Waals surface area contributed by atoms with Crippen molar-refractivity contribution in [3.8, 4) is 0 Å². The zero-order chi connectivity index (χ0) is 15.4. The second-order valence-corrected chi connectivity index (χ2v) is 5.94. The minimum atomic E-state index is -0.119. The molecule has 1 heterocycles. The van der Waals surface area contributed by atoms with Crippen molar-refractivity contribution in [2.24, 2.45) is 0 Å². The highest BCUT2D eigenvalue weighted by molar-refractivity contribution is 9.10. The van der Waals surface area contributed by atoms with E-state index in [1.807, 2.05) is 36.4 Å². The van der Waals surface area contributed by atoms with Crippen LogP contribution in [0.2, 0.25) is 0 Å². The van der Waals surface area contributed by atoms with Crippen LogP contribution in [-0.2, 0) is 4.74 Å². The van der Waals surface area contributed by atoms with Crippen molar-refractivity contribution >= 4 is 33.2 Å². The van der Waals surface area contributed by atoms with Crippen LogP contribution in [-0.4, -0.2) is 32.2 Å². The van der Waals surface area contributed by atoms with E-state index in [9.17, 15) is 4.79 Å². The number of anilines is 2. The van der Waals surface area contributed by atoms with Gasteiger partial charge in [-0.3, -0.25) is 4.79 Å². The molecule has 1 aliphatic rings. The Morgan fingerprint density at radius 2 is 1.86 bits per heavy atom. The van der Waals surface area contributed by atoms with E-state index in [1.54, 1.807) is 6.07 Å². The number of hydrogen-bond donors (Lipinski definition) is 1. The molecule has 1 saturated heterocycles. The Labute approximate surface area is 138 Å². The number of nitrogens with zero attached hydrogens (tertiary/aromatic N) is 1. The van der Waals surface area contributed by atoms with Gasteiger partial charge in [0.25, 0.3) is 5.91 Å². The smallest absolute Gasteiger partial charge is 0.256 e. The summed E-state index contributed by atoms with van der Waals surface area (Å²) in [5, 5.41) is 2.95. The molecule has 2 aromatic carbocycles. The highest BCUT2D eigenvalue weighted by Crippen LogP contribution is 2.22. The molecule has 0 aromatic heterocycles. The molecule has 4 nitrogen and oxygen atoms in total. The molecule has 22 heavy (non-hydrogen) atoms. The van der Waals surface area contributed by atoms with Crippen LogP contribution in [0.4, 0.5) is 11.4 Å². The first-order chi connectivity index (χ1) is 10.7. The molecule has 114 valence electrons. The van der Waals surface area contributed by atoms with Gasteiger partial charge in [-0.25, -0.2) is 0 Å². The second-order valence-electron chi connectivity index (χ2n) is 5.08. The lowest BCUT2D eigenvalue weighted by atomic mass is 10.2. The Balaban J connectivity index is 1.75. The number of benzene rings is 2. The van der Waals surface area contributed by atoms with Gasteiger partial charge in [0.1, 0.15) is 0 Å². The monoisotopic (exact) mass is 360 g/mol. The van der Waals surface area contributed by atoms with Crippen LogP contribution in [0.3, 0.4) is 0 Å². The number of hydrogen-bond acceptors (Lipinski definition) is 3. The van der Waals surface area contributed by atoms with Gasteiger partial charge in [-0.2, -0.15) is 0 Å². The fourth-order valence-electron chi connectivity index (χ4n) is 2.45. The number of morpholine rings is 1. The van der Waals surface area contributed by atoms with Gasteiger partial charge in [0, 0.05) is 28.9 Å². The fourth-order valence-corrected chi connectivity index (χ4v) is 2.91. The number of halogens is 1. The maximum Gasteiger partial charge on any atom is 0.256 e. The summed E-state index contributed by atoms with van der Waals surface area (Å²) in [6, 6.07) is 15.3. The summed E-state index contributed by atoms with van der Waals surface area (Å²) in [4.78, 5) is 14.6. The molecule has 1 amide bonds. The van der Waals surface area contributed by atoms with Gasteiger partial charge in [-0.05, 0) is 46.3 Å². The standard InChI is InChI=1S/C17H17BrN2O2/c18-16-7-2-1-6-15(16)17(21)19-13-4-3-5-14(12-13)20-8-10-22-11-9-20/h1-7,12H,8-11H2,(H,19,21). The molecular weight excluding hydrogens is 344 g/mol. The van der Waals surface area contributed by atoms with E-state index in [0.29, 0.717) is 5.56 Å². The summed E-state index contributed by atoms with van der Waals surface area (Å²) in [7, 11) is 0.